The lowest BCUT2D eigenvalue weighted by atomic mass is 9.78. The maximum Gasteiger partial charge on any atom is 0.509 e. The summed E-state index contributed by atoms with van der Waals surface area (Å²) >= 11 is 0. The molecule has 0 fully saturated rings. The predicted molar refractivity (Wildman–Crippen MR) is 64.0 cm³/mol. The molecule has 0 atom stereocenters. The molecule has 0 heterocycles. The molecule has 0 aliphatic heterocycles. The van der Waals surface area contributed by atoms with E-state index in [9.17, 15) is 17.7 Å². The fourth-order valence-electron chi connectivity index (χ4n) is 2.25. The van der Waals surface area contributed by atoms with Crippen LogP contribution < -0.4 is 5.46 Å². The van der Waals surface area contributed by atoms with Gasteiger partial charge >= 0.3 is 6.98 Å². The smallest absolute Gasteiger partial charge is 0.445 e. The van der Waals surface area contributed by atoms with E-state index in [1.165, 1.54) is 6.07 Å². The van der Waals surface area contributed by atoms with Crippen LogP contribution in [0.5, 0.6) is 0 Å². The molecular weight excluding hydrogens is 240 g/mol. The Balaban J connectivity index is 2.23. The number of ketones is 1. The monoisotopic (exact) mass is 247 g/mol. The summed E-state index contributed by atoms with van der Waals surface area (Å²) < 4.78 is 38.0. The topological polar surface area (TPSA) is 17.1 Å². The van der Waals surface area contributed by atoms with E-state index in [2.05, 4.69) is 0 Å². The molecule has 0 radical (unpaired) electrons. The molecule has 0 spiro atoms. The van der Waals surface area contributed by atoms with Gasteiger partial charge in [0.2, 0.25) is 0 Å². The Bertz CT molecular complexity index is 662. The van der Waals surface area contributed by atoms with Crippen LogP contribution in [0, 0.1) is 0 Å². The van der Waals surface area contributed by atoms with Gasteiger partial charge in [-0.25, -0.2) is 0 Å². The Hall–Kier alpha value is -2.04. The Morgan fingerprint density at radius 1 is 0.778 bits per heavy atom. The van der Waals surface area contributed by atoms with E-state index in [0.29, 0.717) is 16.7 Å². The van der Waals surface area contributed by atoms with Crippen LogP contribution in [0.2, 0.25) is 0 Å². The van der Waals surface area contributed by atoms with Gasteiger partial charge in [-0.1, -0.05) is 42.5 Å². The lowest BCUT2D eigenvalue weighted by molar-refractivity contribution is 0.104. The Kier molecular flexibility index (Phi) is 2.14. The van der Waals surface area contributed by atoms with Crippen LogP contribution in [0.25, 0.3) is 11.1 Å². The third kappa shape index (κ3) is 1.47. The van der Waals surface area contributed by atoms with Gasteiger partial charge in [0.05, 0.1) is 0 Å². The van der Waals surface area contributed by atoms with E-state index in [-0.39, 0.29) is 11.3 Å². The third-order valence-corrected chi connectivity index (χ3v) is 3.13. The standard InChI is InChI=1S/C13H7BF3O/c15-14(16,17)8-5-6-10-9-3-1-2-4-11(9)13(18)12(10)7-8/h1-7H/q-1. The van der Waals surface area contributed by atoms with Crippen molar-refractivity contribution in [2.24, 2.45) is 0 Å². The number of benzene rings is 2. The number of rotatable bonds is 1. The van der Waals surface area contributed by atoms with E-state index in [4.69, 9.17) is 0 Å². The summed E-state index contributed by atoms with van der Waals surface area (Å²) in [5, 5.41) is 0. The largest absolute Gasteiger partial charge is 0.509 e. The van der Waals surface area contributed by atoms with Gasteiger partial charge in [0, 0.05) is 11.1 Å². The van der Waals surface area contributed by atoms with Gasteiger partial charge in [-0.05, 0) is 11.1 Å². The molecule has 1 aliphatic carbocycles. The molecule has 2 aromatic carbocycles. The van der Waals surface area contributed by atoms with Crippen LogP contribution in [0.3, 0.4) is 0 Å². The Labute approximate surface area is 101 Å². The van der Waals surface area contributed by atoms with E-state index in [0.717, 1.165) is 12.1 Å². The molecule has 0 bridgehead atoms. The highest BCUT2D eigenvalue weighted by Gasteiger charge is 2.31. The van der Waals surface area contributed by atoms with E-state index < -0.39 is 12.4 Å². The maximum atomic E-state index is 12.7. The molecule has 18 heavy (non-hydrogen) atoms. The summed E-state index contributed by atoms with van der Waals surface area (Å²) in [6.45, 7) is -5.07. The first-order chi connectivity index (χ1) is 8.48. The average molecular weight is 247 g/mol. The fourth-order valence-corrected chi connectivity index (χ4v) is 2.25. The SMILES string of the molecule is O=C1c2ccccc2-c2ccc([B-](F)(F)F)cc21. The number of hydrogen-bond donors (Lipinski definition) is 0. The van der Waals surface area contributed by atoms with Crippen molar-refractivity contribution in [3.63, 3.8) is 0 Å². The van der Waals surface area contributed by atoms with Crippen molar-refractivity contribution in [2.75, 3.05) is 0 Å². The third-order valence-electron chi connectivity index (χ3n) is 3.13. The van der Waals surface area contributed by atoms with Gasteiger partial charge in [0.25, 0.3) is 0 Å². The minimum atomic E-state index is -5.07. The first-order valence-corrected chi connectivity index (χ1v) is 5.46. The van der Waals surface area contributed by atoms with E-state index >= 15 is 0 Å². The first-order valence-electron chi connectivity index (χ1n) is 5.46. The summed E-state index contributed by atoms with van der Waals surface area (Å²) in [6, 6.07) is 10.2. The summed E-state index contributed by atoms with van der Waals surface area (Å²) in [5.74, 6) is -0.331. The quantitative estimate of drug-likeness (QED) is 0.604. The molecule has 1 nitrogen and oxygen atoms in total. The second-order valence-corrected chi connectivity index (χ2v) is 4.25. The lowest BCUT2D eigenvalue weighted by Gasteiger charge is -2.15. The van der Waals surface area contributed by atoms with Crippen molar-refractivity contribution in [3.8, 4) is 11.1 Å². The first kappa shape index (κ1) is 11.1. The number of fused-ring (bicyclic) bond motifs is 3. The maximum absolute atomic E-state index is 12.7. The van der Waals surface area contributed by atoms with Crippen LogP contribution in [0.1, 0.15) is 15.9 Å². The van der Waals surface area contributed by atoms with Gasteiger partial charge < -0.3 is 12.9 Å². The summed E-state index contributed by atoms with van der Waals surface area (Å²) in [7, 11) is 0. The van der Waals surface area contributed by atoms with Crippen molar-refractivity contribution in [2.45, 2.75) is 0 Å². The number of carbonyl (C=O) groups excluding carboxylic acids is 1. The Morgan fingerprint density at radius 3 is 2.06 bits per heavy atom. The van der Waals surface area contributed by atoms with Crippen molar-refractivity contribution < 1.29 is 17.7 Å². The van der Waals surface area contributed by atoms with Gasteiger partial charge in [0.1, 0.15) is 0 Å². The normalized spacial score (nSPS) is 13.4. The van der Waals surface area contributed by atoms with Crippen molar-refractivity contribution in [1.29, 1.82) is 0 Å². The lowest BCUT2D eigenvalue weighted by Crippen LogP contribution is -2.34. The molecule has 2 aromatic rings. The number of hydrogen-bond acceptors (Lipinski definition) is 1. The number of halogens is 3. The summed E-state index contributed by atoms with van der Waals surface area (Å²) in [4.78, 5) is 12.0. The highest BCUT2D eigenvalue weighted by Crippen LogP contribution is 2.35. The minimum Gasteiger partial charge on any atom is -0.445 e. The molecule has 90 valence electrons. The summed E-state index contributed by atoms with van der Waals surface area (Å²) in [6.07, 6.45) is 0. The second kappa shape index (κ2) is 3.48. The van der Waals surface area contributed by atoms with Crippen LogP contribution in [0.4, 0.5) is 12.9 Å². The van der Waals surface area contributed by atoms with E-state index in [1.54, 1.807) is 24.3 Å². The van der Waals surface area contributed by atoms with Crippen LogP contribution in [-0.2, 0) is 0 Å². The second-order valence-electron chi connectivity index (χ2n) is 4.25. The zero-order chi connectivity index (χ0) is 12.9. The van der Waals surface area contributed by atoms with Crippen LogP contribution in [0.15, 0.2) is 42.5 Å². The van der Waals surface area contributed by atoms with Gasteiger partial charge in [0.15, 0.2) is 5.78 Å². The van der Waals surface area contributed by atoms with Crippen LogP contribution in [-0.4, -0.2) is 12.8 Å². The molecule has 0 N–H and O–H groups in total. The fraction of sp³-hybridized carbons (Fsp3) is 0. The predicted octanol–water partition coefficient (Wildman–Crippen LogP) is 2.95. The van der Waals surface area contributed by atoms with Gasteiger partial charge in [-0.3, -0.25) is 4.79 Å². The van der Waals surface area contributed by atoms with Gasteiger partial charge in [-0.2, -0.15) is 0 Å². The Morgan fingerprint density at radius 2 is 1.39 bits per heavy atom. The molecule has 0 saturated carbocycles. The van der Waals surface area contributed by atoms with Crippen LogP contribution >= 0.6 is 0 Å². The molecule has 1 aliphatic rings. The highest BCUT2D eigenvalue weighted by molar-refractivity contribution is 6.73. The van der Waals surface area contributed by atoms with Crippen molar-refractivity contribution in [3.05, 3.63) is 53.6 Å². The molecule has 0 saturated heterocycles. The number of carbonyl (C=O) groups is 1. The molecule has 0 aromatic heterocycles. The minimum absolute atomic E-state index is 0.146. The van der Waals surface area contributed by atoms with Gasteiger partial charge in [-0.15, -0.1) is 5.46 Å². The highest BCUT2D eigenvalue weighted by atomic mass is 19.4. The summed E-state index contributed by atoms with van der Waals surface area (Å²) in [5.41, 5.74) is 1.18. The average Bonchev–Trinajstić information content (AvgIpc) is 2.63. The van der Waals surface area contributed by atoms with E-state index in [1.807, 2.05) is 0 Å². The molecule has 3 rings (SSSR count). The van der Waals surface area contributed by atoms with Crippen molar-refractivity contribution in [1.82, 2.24) is 0 Å². The molecule has 0 unspecified atom stereocenters. The molecule has 0 amide bonds. The van der Waals surface area contributed by atoms with Crippen molar-refractivity contribution >= 4 is 18.2 Å². The zero-order valence-corrected chi connectivity index (χ0v) is 9.16. The molecule has 5 heteroatoms. The zero-order valence-electron chi connectivity index (χ0n) is 9.16. The molecular formula is C13H7BF3O-.